The first-order valence-electron chi connectivity index (χ1n) is 6.33. The average Bonchev–Trinajstić information content (AvgIpc) is 2.35. The second-order valence-corrected chi connectivity index (χ2v) is 4.52. The van der Waals surface area contributed by atoms with E-state index in [9.17, 15) is 0 Å². The van der Waals surface area contributed by atoms with E-state index >= 15 is 0 Å². The summed E-state index contributed by atoms with van der Waals surface area (Å²) < 4.78 is 0. The van der Waals surface area contributed by atoms with Crippen molar-refractivity contribution in [3.05, 3.63) is 0 Å². The van der Waals surface area contributed by atoms with E-state index in [1.807, 2.05) is 6.92 Å². The highest BCUT2D eigenvalue weighted by atomic mass is 15.2. The molecule has 16 heavy (non-hydrogen) atoms. The zero-order chi connectivity index (χ0) is 11.9. The maximum absolute atomic E-state index is 5.92. The quantitative estimate of drug-likeness (QED) is 0.535. The Labute approximate surface area is 99.8 Å². The molecule has 3 N–H and O–H groups in total. The van der Waals surface area contributed by atoms with Gasteiger partial charge in [-0.05, 0) is 39.4 Å². The largest absolute Gasteiger partial charge is 0.329 e. The molecule has 0 atom stereocenters. The molecule has 1 aliphatic heterocycles. The normalized spacial score (nSPS) is 20.2. The van der Waals surface area contributed by atoms with Gasteiger partial charge in [0.05, 0.1) is 0 Å². The molecule has 1 rings (SSSR count). The number of piperidine rings is 1. The lowest BCUT2D eigenvalue weighted by atomic mass is 9.87. The minimum atomic E-state index is 0.168. The van der Waals surface area contributed by atoms with Crippen LogP contribution < -0.4 is 11.1 Å². The van der Waals surface area contributed by atoms with E-state index < -0.39 is 0 Å². The van der Waals surface area contributed by atoms with Crippen LogP contribution in [0.5, 0.6) is 0 Å². The van der Waals surface area contributed by atoms with Gasteiger partial charge in [-0.3, -0.25) is 0 Å². The van der Waals surface area contributed by atoms with Crippen LogP contribution in [-0.4, -0.2) is 43.2 Å². The standard InChI is InChI=1S/C13H25N3/c1-3-5-6-9-15-13(12-14)7-10-16(4-2)11-8-13/h15H,4,6-12,14H2,1-2H3. The molecular formula is C13H25N3. The summed E-state index contributed by atoms with van der Waals surface area (Å²) in [7, 11) is 0. The van der Waals surface area contributed by atoms with Crippen LogP contribution in [0.4, 0.5) is 0 Å². The van der Waals surface area contributed by atoms with Crippen LogP contribution >= 0.6 is 0 Å². The van der Waals surface area contributed by atoms with Gasteiger partial charge < -0.3 is 16.0 Å². The number of nitrogens with one attached hydrogen (secondary N) is 1. The summed E-state index contributed by atoms with van der Waals surface area (Å²) in [5.41, 5.74) is 6.09. The Morgan fingerprint density at radius 2 is 2.06 bits per heavy atom. The van der Waals surface area contributed by atoms with Crippen LogP contribution in [0.25, 0.3) is 0 Å². The molecule has 0 amide bonds. The first kappa shape index (κ1) is 13.5. The van der Waals surface area contributed by atoms with E-state index in [2.05, 4.69) is 29.0 Å². The van der Waals surface area contributed by atoms with Crippen molar-refractivity contribution in [3.63, 3.8) is 0 Å². The summed E-state index contributed by atoms with van der Waals surface area (Å²) in [6, 6.07) is 0. The predicted molar refractivity (Wildman–Crippen MR) is 69.2 cm³/mol. The van der Waals surface area contributed by atoms with Crippen molar-refractivity contribution in [3.8, 4) is 11.8 Å². The van der Waals surface area contributed by atoms with Gasteiger partial charge in [-0.1, -0.05) is 6.92 Å². The van der Waals surface area contributed by atoms with Gasteiger partial charge in [-0.2, -0.15) is 0 Å². The Balaban J connectivity index is 2.36. The lowest BCUT2D eigenvalue weighted by Gasteiger charge is -2.41. The molecule has 1 heterocycles. The second kappa shape index (κ2) is 6.90. The number of hydrogen-bond donors (Lipinski definition) is 2. The molecule has 92 valence electrons. The van der Waals surface area contributed by atoms with Gasteiger partial charge >= 0.3 is 0 Å². The van der Waals surface area contributed by atoms with Crippen LogP contribution in [0, 0.1) is 11.8 Å². The molecular weight excluding hydrogens is 198 g/mol. The third-order valence-corrected chi connectivity index (χ3v) is 3.58. The predicted octanol–water partition coefficient (Wildman–Crippen LogP) is 0.803. The topological polar surface area (TPSA) is 41.3 Å². The number of nitrogens with two attached hydrogens (primary N) is 1. The second-order valence-electron chi connectivity index (χ2n) is 4.52. The van der Waals surface area contributed by atoms with E-state index in [1.54, 1.807) is 0 Å². The molecule has 0 aromatic carbocycles. The molecule has 0 aliphatic carbocycles. The molecule has 0 unspecified atom stereocenters. The zero-order valence-corrected chi connectivity index (χ0v) is 10.7. The van der Waals surface area contributed by atoms with Crippen molar-refractivity contribution in [1.29, 1.82) is 0 Å². The molecule has 1 aliphatic rings. The lowest BCUT2D eigenvalue weighted by molar-refractivity contribution is 0.145. The van der Waals surface area contributed by atoms with Gasteiger partial charge in [0.2, 0.25) is 0 Å². The third kappa shape index (κ3) is 3.79. The van der Waals surface area contributed by atoms with Crippen LogP contribution in [0.3, 0.4) is 0 Å². The fourth-order valence-corrected chi connectivity index (χ4v) is 2.27. The van der Waals surface area contributed by atoms with Crippen molar-refractivity contribution < 1.29 is 0 Å². The van der Waals surface area contributed by atoms with Crippen molar-refractivity contribution in [2.45, 2.75) is 38.6 Å². The van der Waals surface area contributed by atoms with Crippen LogP contribution in [0.1, 0.15) is 33.1 Å². The number of rotatable bonds is 5. The lowest BCUT2D eigenvalue weighted by Crippen LogP contribution is -2.57. The molecule has 0 radical (unpaired) electrons. The van der Waals surface area contributed by atoms with Gasteiger partial charge in [-0.25, -0.2) is 0 Å². The van der Waals surface area contributed by atoms with Gasteiger partial charge in [0, 0.05) is 25.0 Å². The summed E-state index contributed by atoms with van der Waals surface area (Å²) in [4.78, 5) is 2.49. The minimum Gasteiger partial charge on any atom is -0.329 e. The zero-order valence-electron chi connectivity index (χ0n) is 10.7. The monoisotopic (exact) mass is 223 g/mol. The van der Waals surface area contributed by atoms with Crippen molar-refractivity contribution in [2.24, 2.45) is 5.73 Å². The van der Waals surface area contributed by atoms with E-state index in [0.717, 1.165) is 38.9 Å². The molecule has 0 saturated carbocycles. The van der Waals surface area contributed by atoms with Crippen LogP contribution in [0.2, 0.25) is 0 Å². The molecule has 3 heteroatoms. The fourth-order valence-electron chi connectivity index (χ4n) is 2.27. The smallest absolute Gasteiger partial charge is 0.0328 e. The molecule has 1 saturated heterocycles. The summed E-state index contributed by atoms with van der Waals surface area (Å²) >= 11 is 0. The van der Waals surface area contributed by atoms with E-state index in [4.69, 9.17) is 5.73 Å². The fraction of sp³-hybridized carbons (Fsp3) is 0.846. The molecule has 1 fully saturated rings. The summed E-state index contributed by atoms with van der Waals surface area (Å²) in [6.45, 7) is 9.30. The van der Waals surface area contributed by atoms with E-state index in [0.29, 0.717) is 0 Å². The first-order chi connectivity index (χ1) is 7.76. The van der Waals surface area contributed by atoms with Gasteiger partial charge in [0.1, 0.15) is 0 Å². The van der Waals surface area contributed by atoms with Gasteiger partial charge in [0.15, 0.2) is 0 Å². The number of nitrogens with zero attached hydrogens (tertiary/aromatic N) is 1. The molecule has 0 bridgehead atoms. The third-order valence-electron chi connectivity index (χ3n) is 3.58. The minimum absolute atomic E-state index is 0.168. The van der Waals surface area contributed by atoms with Crippen molar-refractivity contribution in [1.82, 2.24) is 10.2 Å². The molecule has 3 nitrogen and oxygen atoms in total. The van der Waals surface area contributed by atoms with E-state index in [1.165, 1.54) is 13.1 Å². The Bertz CT molecular complexity index is 244. The van der Waals surface area contributed by atoms with Gasteiger partial charge in [0.25, 0.3) is 0 Å². The van der Waals surface area contributed by atoms with Crippen LogP contribution in [-0.2, 0) is 0 Å². The van der Waals surface area contributed by atoms with Crippen LogP contribution in [0.15, 0.2) is 0 Å². The maximum atomic E-state index is 5.92. The summed E-state index contributed by atoms with van der Waals surface area (Å²) in [5.74, 6) is 6.01. The maximum Gasteiger partial charge on any atom is 0.0328 e. The summed E-state index contributed by atoms with van der Waals surface area (Å²) in [5, 5.41) is 3.61. The van der Waals surface area contributed by atoms with Crippen molar-refractivity contribution >= 4 is 0 Å². The van der Waals surface area contributed by atoms with Crippen molar-refractivity contribution in [2.75, 3.05) is 32.7 Å². The molecule has 0 aromatic heterocycles. The highest BCUT2D eigenvalue weighted by molar-refractivity contribution is 4.98. The summed E-state index contributed by atoms with van der Waals surface area (Å²) in [6.07, 6.45) is 3.25. The highest BCUT2D eigenvalue weighted by Crippen LogP contribution is 2.20. The van der Waals surface area contributed by atoms with Gasteiger partial charge in [-0.15, -0.1) is 11.8 Å². The SMILES string of the molecule is CC#CCCNC1(CN)CCN(CC)CC1. The average molecular weight is 223 g/mol. The Hall–Kier alpha value is -0.560. The Kier molecular flexibility index (Phi) is 5.83. The molecule has 0 aromatic rings. The van der Waals surface area contributed by atoms with E-state index in [-0.39, 0.29) is 5.54 Å². The number of likely N-dealkylation sites (tertiary alicyclic amines) is 1. The molecule has 0 spiro atoms. The Morgan fingerprint density at radius 3 is 2.56 bits per heavy atom. The Morgan fingerprint density at radius 1 is 1.38 bits per heavy atom. The first-order valence-corrected chi connectivity index (χ1v) is 6.33. The number of hydrogen-bond acceptors (Lipinski definition) is 3. The highest BCUT2D eigenvalue weighted by Gasteiger charge is 2.31.